The van der Waals surface area contributed by atoms with Gasteiger partial charge in [-0.25, -0.2) is 8.42 Å². The van der Waals surface area contributed by atoms with Crippen molar-refractivity contribution in [3.8, 4) is 5.75 Å². The number of sulfonamides is 1. The highest BCUT2D eigenvalue weighted by molar-refractivity contribution is 9.10. The minimum atomic E-state index is -3.47. The van der Waals surface area contributed by atoms with Crippen LogP contribution < -0.4 is 4.74 Å². The smallest absolute Gasteiger partial charge is 0.246 e. The van der Waals surface area contributed by atoms with Crippen LogP contribution in [0.5, 0.6) is 5.75 Å². The molecule has 1 aromatic rings. The van der Waals surface area contributed by atoms with E-state index in [2.05, 4.69) is 15.9 Å². The van der Waals surface area contributed by atoms with E-state index in [1.165, 1.54) is 0 Å². The third kappa shape index (κ3) is 3.54. The summed E-state index contributed by atoms with van der Waals surface area (Å²) in [5, 5.41) is 0. The fourth-order valence-electron chi connectivity index (χ4n) is 2.26. The molecule has 0 unspecified atom stereocenters. The number of nitrogens with zero attached hydrogens (tertiary/aromatic N) is 1. The van der Waals surface area contributed by atoms with Gasteiger partial charge in [0.15, 0.2) is 0 Å². The Morgan fingerprint density at radius 3 is 2.60 bits per heavy atom. The molecule has 0 saturated carbocycles. The van der Waals surface area contributed by atoms with Crippen LogP contribution >= 0.6 is 15.9 Å². The summed E-state index contributed by atoms with van der Waals surface area (Å²) in [4.78, 5) is 0.266. The second-order valence-electron chi connectivity index (χ2n) is 4.90. The minimum Gasteiger partial charge on any atom is -0.492 e. The van der Waals surface area contributed by atoms with Crippen molar-refractivity contribution in [2.75, 3.05) is 19.7 Å². The summed E-state index contributed by atoms with van der Waals surface area (Å²) < 4.78 is 33.4. The number of hydrogen-bond donors (Lipinski definition) is 0. The van der Waals surface area contributed by atoms with E-state index < -0.39 is 10.0 Å². The molecule has 0 radical (unpaired) electrons. The Hall–Kier alpha value is -0.590. The van der Waals surface area contributed by atoms with Crippen molar-refractivity contribution in [3.63, 3.8) is 0 Å². The van der Waals surface area contributed by atoms with E-state index in [9.17, 15) is 8.42 Å². The quantitative estimate of drug-likeness (QED) is 0.807. The van der Waals surface area contributed by atoms with Gasteiger partial charge >= 0.3 is 0 Å². The van der Waals surface area contributed by atoms with Crippen LogP contribution in [0.2, 0.25) is 0 Å². The van der Waals surface area contributed by atoms with Gasteiger partial charge in [-0.15, -0.1) is 0 Å². The summed E-state index contributed by atoms with van der Waals surface area (Å²) in [7, 11) is -3.47. The zero-order valence-electron chi connectivity index (χ0n) is 11.6. The number of rotatable bonds is 5. The average molecular weight is 362 g/mol. The monoisotopic (exact) mass is 361 g/mol. The average Bonchev–Trinajstić information content (AvgIpc) is 2.47. The van der Waals surface area contributed by atoms with Crippen LogP contribution in [0.25, 0.3) is 0 Å². The van der Waals surface area contributed by atoms with Crippen LogP contribution in [-0.2, 0) is 10.0 Å². The van der Waals surface area contributed by atoms with E-state index in [0.29, 0.717) is 25.4 Å². The molecule has 1 saturated heterocycles. The van der Waals surface area contributed by atoms with Crippen molar-refractivity contribution < 1.29 is 13.2 Å². The molecule has 1 fully saturated rings. The largest absolute Gasteiger partial charge is 0.492 e. The maximum absolute atomic E-state index is 12.7. The molecule has 112 valence electrons. The first kappa shape index (κ1) is 15.8. The third-order valence-electron chi connectivity index (χ3n) is 3.30. The first-order valence-corrected chi connectivity index (χ1v) is 9.21. The number of benzene rings is 1. The van der Waals surface area contributed by atoms with Crippen LogP contribution in [0.3, 0.4) is 0 Å². The van der Waals surface area contributed by atoms with Gasteiger partial charge in [0.25, 0.3) is 0 Å². The molecule has 1 aliphatic rings. The SMILES string of the molecule is CCCOc1ccc(Br)cc1S(=O)(=O)N1CCCCC1. The van der Waals surface area contributed by atoms with Gasteiger partial charge in [-0.05, 0) is 37.5 Å². The van der Waals surface area contributed by atoms with Crippen molar-refractivity contribution in [1.82, 2.24) is 4.31 Å². The molecule has 0 atom stereocenters. The van der Waals surface area contributed by atoms with Crippen LogP contribution in [0, 0.1) is 0 Å². The molecule has 2 rings (SSSR count). The van der Waals surface area contributed by atoms with E-state index in [-0.39, 0.29) is 4.90 Å². The fraction of sp³-hybridized carbons (Fsp3) is 0.571. The standard InChI is InChI=1S/C14H20BrNO3S/c1-2-10-19-13-7-6-12(15)11-14(13)20(17,18)16-8-4-3-5-9-16/h6-7,11H,2-5,8-10H2,1H3. The van der Waals surface area contributed by atoms with Gasteiger partial charge in [0.2, 0.25) is 10.0 Å². The highest BCUT2D eigenvalue weighted by Gasteiger charge is 2.29. The first-order valence-electron chi connectivity index (χ1n) is 6.98. The fourth-order valence-corrected chi connectivity index (χ4v) is 4.45. The summed E-state index contributed by atoms with van der Waals surface area (Å²) in [6.07, 6.45) is 3.81. The van der Waals surface area contributed by atoms with Gasteiger partial charge in [-0.2, -0.15) is 4.31 Å². The number of hydrogen-bond acceptors (Lipinski definition) is 3. The molecule has 0 N–H and O–H groups in total. The van der Waals surface area contributed by atoms with Gasteiger partial charge in [0.05, 0.1) is 6.61 Å². The van der Waals surface area contributed by atoms with E-state index in [1.54, 1.807) is 22.5 Å². The normalized spacial score (nSPS) is 17.1. The molecule has 20 heavy (non-hydrogen) atoms. The van der Waals surface area contributed by atoms with Gasteiger partial charge in [-0.1, -0.05) is 29.3 Å². The van der Waals surface area contributed by atoms with Gasteiger partial charge in [0.1, 0.15) is 10.6 Å². The maximum Gasteiger partial charge on any atom is 0.246 e. The van der Waals surface area contributed by atoms with Crippen molar-refractivity contribution in [2.24, 2.45) is 0 Å². The third-order valence-corrected chi connectivity index (χ3v) is 5.71. The van der Waals surface area contributed by atoms with Gasteiger partial charge < -0.3 is 4.74 Å². The van der Waals surface area contributed by atoms with E-state index >= 15 is 0 Å². The second kappa shape index (κ2) is 6.91. The Morgan fingerprint density at radius 1 is 1.25 bits per heavy atom. The first-order chi connectivity index (χ1) is 9.55. The lowest BCUT2D eigenvalue weighted by atomic mass is 10.2. The summed E-state index contributed by atoms with van der Waals surface area (Å²) in [6.45, 7) is 3.71. The summed E-state index contributed by atoms with van der Waals surface area (Å²) in [6, 6.07) is 5.16. The highest BCUT2D eigenvalue weighted by Crippen LogP contribution is 2.31. The van der Waals surface area contributed by atoms with Gasteiger partial charge in [-0.3, -0.25) is 0 Å². The lowest BCUT2D eigenvalue weighted by molar-refractivity contribution is 0.305. The van der Waals surface area contributed by atoms with Gasteiger partial charge in [0, 0.05) is 17.6 Å². The lowest BCUT2D eigenvalue weighted by Gasteiger charge is -2.26. The number of piperidine rings is 1. The number of ether oxygens (including phenoxy) is 1. The topological polar surface area (TPSA) is 46.6 Å². The molecule has 0 aromatic heterocycles. The Bertz CT molecular complexity index is 554. The highest BCUT2D eigenvalue weighted by atomic mass is 79.9. The molecular formula is C14H20BrNO3S. The van der Waals surface area contributed by atoms with Crippen molar-refractivity contribution in [1.29, 1.82) is 0 Å². The molecule has 0 amide bonds. The summed E-state index contributed by atoms with van der Waals surface area (Å²) in [5.41, 5.74) is 0. The maximum atomic E-state index is 12.7. The molecule has 1 heterocycles. The zero-order valence-corrected chi connectivity index (χ0v) is 14.0. The minimum absolute atomic E-state index is 0.266. The summed E-state index contributed by atoms with van der Waals surface area (Å²) in [5.74, 6) is 0.445. The van der Waals surface area contributed by atoms with E-state index in [0.717, 1.165) is 30.2 Å². The molecule has 0 spiro atoms. The van der Waals surface area contributed by atoms with Crippen LogP contribution in [0.1, 0.15) is 32.6 Å². The molecular weight excluding hydrogens is 342 g/mol. The Labute approximate surface area is 129 Å². The second-order valence-corrected chi connectivity index (χ2v) is 7.73. The Kier molecular flexibility index (Phi) is 5.46. The Morgan fingerprint density at radius 2 is 1.95 bits per heavy atom. The van der Waals surface area contributed by atoms with Crippen LogP contribution in [0.15, 0.2) is 27.6 Å². The molecule has 1 aromatic carbocycles. The van der Waals surface area contributed by atoms with Crippen molar-refractivity contribution in [3.05, 3.63) is 22.7 Å². The Balaban J connectivity index is 2.35. The molecule has 0 aliphatic carbocycles. The van der Waals surface area contributed by atoms with Crippen LogP contribution in [-0.4, -0.2) is 32.4 Å². The van der Waals surface area contributed by atoms with E-state index in [1.807, 2.05) is 6.92 Å². The molecule has 1 aliphatic heterocycles. The molecule has 0 bridgehead atoms. The molecule has 4 nitrogen and oxygen atoms in total. The molecule has 6 heteroatoms. The predicted molar refractivity (Wildman–Crippen MR) is 82.5 cm³/mol. The zero-order chi connectivity index (χ0) is 14.6. The number of halogens is 1. The predicted octanol–water partition coefficient (Wildman–Crippen LogP) is 3.41. The summed E-state index contributed by atoms with van der Waals surface area (Å²) >= 11 is 3.34. The van der Waals surface area contributed by atoms with Crippen LogP contribution in [0.4, 0.5) is 0 Å². The van der Waals surface area contributed by atoms with Crippen molar-refractivity contribution >= 4 is 26.0 Å². The van der Waals surface area contributed by atoms with E-state index in [4.69, 9.17) is 4.74 Å². The lowest BCUT2D eigenvalue weighted by Crippen LogP contribution is -2.35. The van der Waals surface area contributed by atoms with Crippen molar-refractivity contribution in [2.45, 2.75) is 37.5 Å².